The largest absolute Gasteiger partial charge is 0.458 e. The van der Waals surface area contributed by atoms with Gasteiger partial charge in [-0.25, -0.2) is 9.97 Å². The minimum absolute atomic E-state index is 0.0185. The molecule has 2 aromatic heterocycles. The van der Waals surface area contributed by atoms with E-state index in [2.05, 4.69) is 9.97 Å². The number of amides is 1. The van der Waals surface area contributed by atoms with Crippen molar-refractivity contribution >= 4 is 40.4 Å². The van der Waals surface area contributed by atoms with Gasteiger partial charge in [0.15, 0.2) is 0 Å². The van der Waals surface area contributed by atoms with E-state index in [4.69, 9.17) is 27.9 Å². The van der Waals surface area contributed by atoms with Gasteiger partial charge in [-0.3, -0.25) is 4.79 Å². The Kier molecular flexibility index (Phi) is 4.28. The van der Waals surface area contributed by atoms with Crippen LogP contribution in [0.1, 0.15) is 16.1 Å². The number of nitrogens with zero attached hydrogens (tertiary/aromatic N) is 3. The van der Waals surface area contributed by atoms with E-state index in [-0.39, 0.29) is 18.0 Å². The van der Waals surface area contributed by atoms with Crippen LogP contribution < -0.4 is 4.74 Å². The predicted octanol–water partition coefficient (Wildman–Crippen LogP) is 3.14. The van der Waals surface area contributed by atoms with Crippen molar-refractivity contribution in [2.24, 2.45) is 0 Å². The van der Waals surface area contributed by atoms with Crippen molar-refractivity contribution in [3.8, 4) is 6.01 Å². The molecule has 5 nitrogen and oxygen atoms in total. The first-order chi connectivity index (χ1) is 10.1. The zero-order valence-electron chi connectivity index (χ0n) is 10.8. The zero-order valence-corrected chi connectivity index (χ0v) is 13.2. The molecule has 0 N–H and O–H groups in total. The highest BCUT2D eigenvalue weighted by Gasteiger charge is 2.29. The summed E-state index contributed by atoms with van der Waals surface area (Å²) < 4.78 is 6.27. The molecule has 0 aromatic carbocycles. The first-order valence-electron chi connectivity index (χ1n) is 6.30. The van der Waals surface area contributed by atoms with Gasteiger partial charge >= 0.3 is 6.01 Å². The highest BCUT2D eigenvalue weighted by atomic mass is 35.5. The maximum absolute atomic E-state index is 12.3. The molecule has 0 aliphatic carbocycles. The summed E-state index contributed by atoms with van der Waals surface area (Å²) in [5.74, 6) is -0.0185. The molecule has 110 valence electrons. The molecule has 2 aromatic rings. The number of aromatic nitrogens is 2. The van der Waals surface area contributed by atoms with E-state index in [1.165, 1.54) is 23.7 Å². The van der Waals surface area contributed by atoms with Gasteiger partial charge in [-0.2, -0.15) is 0 Å². The van der Waals surface area contributed by atoms with Crippen molar-refractivity contribution in [1.82, 2.24) is 14.9 Å². The van der Waals surface area contributed by atoms with Gasteiger partial charge in [0.05, 0.1) is 33.2 Å². The molecule has 0 saturated carbocycles. The van der Waals surface area contributed by atoms with Crippen LogP contribution >= 0.6 is 34.5 Å². The van der Waals surface area contributed by atoms with Gasteiger partial charge in [0.1, 0.15) is 6.10 Å². The average Bonchev–Trinajstić information content (AvgIpc) is 3.10. The summed E-state index contributed by atoms with van der Waals surface area (Å²) in [5, 5.41) is 0.458. The van der Waals surface area contributed by atoms with E-state index in [1.54, 1.807) is 17.0 Å². The maximum Gasteiger partial charge on any atom is 0.316 e. The lowest BCUT2D eigenvalue weighted by molar-refractivity contribution is 0.0774. The summed E-state index contributed by atoms with van der Waals surface area (Å²) in [6.45, 7) is 1.16. The van der Waals surface area contributed by atoms with Crippen LogP contribution in [0.3, 0.4) is 0 Å². The van der Waals surface area contributed by atoms with Crippen molar-refractivity contribution < 1.29 is 9.53 Å². The molecule has 1 amide bonds. The standard InChI is InChI=1S/C13H11Cl2N3O2S/c14-8-5-16-13(17-6-8)20-9-3-4-18(7-9)12(19)10-1-2-11(15)21-10/h1-2,5-6,9H,3-4,7H2/t9-/m1/s1. The average molecular weight is 344 g/mol. The van der Waals surface area contributed by atoms with Crippen LogP contribution in [0.2, 0.25) is 9.36 Å². The number of hydrogen-bond donors (Lipinski definition) is 0. The monoisotopic (exact) mass is 343 g/mol. The Morgan fingerprint density at radius 2 is 2.10 bits per heavy atom. The van der Waals surface area contributed by atoms with E-state index in [1.807, 2.05) is 0 Å². The second kappa shape index (κ2) is 6.17. The second-order valence-electron chi connectivity index (χ2n) is 4.57. The first kappa shape index (κ1) is 14.6. The van der Waals surface area contributed by atoms with Gasteiger partial charge in [-0.05, 0) is 12.1 Å². The summed E-state index contributed by atoms with van der Waals surface area (Å²) in [6, 6.07) is 3.74. The summed E-state index contributed by atoms with van der Waals surface area (Å²) in [4.78, 5) is 22.6. The van der Waals surface area contributed by atoms with E-state index < -0.39 is 0 Å². The molecule has 1 aliphatic heterocycles. The fourth-order valence-electron chi connectivity index (χ4n) is 2.10. The molecule has 21 heavy (non-hydrogen) atoms. The van der Waals surface area contributed by atoms with Gasteiger partial charge in [0, 0.05) is 13.0 Å². The van der Waals surface area contributed by atoms with E-state index in [0.717, 1.165) is 6.42 Å². The lowest BCUT2D eigenvalue weighted by Gasteiger charge is -2.15. The molecule has 0 bridgehead atoms. The lowest BCUT2D eigenvalue weighted by Crippen LogP contribution is -2.30. The lowest BCUT2D eigenvalue weighted by atomic mass is 10.3. The Balaban J connectivity index is 1.60. The number of carbonyl (C=O) groups is 1. The molecular formula is C13H11Cl2N3O2S. The Bertz CT molecular complexity index is 647. The molecule has 0 spiro atoms. The Morgan fingerprint density at radius 1 is 1.33 bits per heavy atom. The van der Waals surface area contributed by atoms with Gasteiger partial charge in [0.25, 0.3) is 5.91 Å². The van der Waals surface area contributed by atoms with E-state index in [0.29, 0.717) is 27.3 Å². The fourth-order valence-corrected chi connectivity index (χ4v) is 3.21. The molecule has 3 rings (SSSR count). The number of ether oxygens (including phenoxy) is 1. The highest BCUT2D eigenvalue weighted by molar-refractivity contribution is 7.17. The van der Waals surface area contributed by atoms with Crippen molar-refractivity contribution in [1.29, 1.82) is 0 Å². The Labute approximate surface area is 135 Å². The second-order valence-corrected chi connectivity index (χ2v) is 6.72. The quantitative estimate of drug-likeness (QED) is 0.858. The van der Waals surface area contributed by atoms with E-state index in [9.17, 15) is 4.79 Å². The third-order valence-corrected chi connectivity index (χ3v) is 4.50. The molecule has 1 atom stereocenters. The third kappa shape index (κ3) is 3.45. The molecule has 3 heterocycles. The fraction of sp³-hybridized carbons (Fsp3) is 0.308. The van der Waals surface area contributed by atoms with Crippen LogP contribution in [-0.4, -0.2) is 40.0 Å². The summed E-state index contributed by atoms with van der Waals surface area (Å²) in [5.41, 5.74) is 0. The number of thiophene rings is 1. The number of likely N-dealkylation sites (tertiary alicyclic amines) is 1. The van der Waals surface area contributed by atoms with Gasteiger partial charge < -0.3 is 9.64 Å². The number of hydrogen-bond acceptors (Lipinski definition) is 5. The van der Waals surface area contributed by atoms with Gasteiger partial charge in [-0.1, -0.05) is 23.2 Å². The topological polar surface area (TPSA) is 55.3 Å². The van der Waals surface area contributed by atoms with Crippen LogP contribution in [0, 0.1) is 0 Å². The zero-order chi connectivity index (χ0) is 14.8. The van der Waals surface area contributed by atoms with Gasteiger partial charge in [0.2, 0.25) is 0 Å². The maximum atomic E-state index is 12.3. The SMILES string of the molecule is O=C(c1ccc(Cl)s1)N1CC[C@@H](Oc2ncc(Cl)cn2)C1. The minimum atomic E-state index is -0.106. The molecule has 0 unspecified atom stereocenters. The van der Waals surface area contributed by atoms with Crippen LogP contribution in [0.15, 0.2) is 24.5 Å². The van der Waals surface area contributed by atoms with Crippen molar-refractivity contribution in [3.05, 3.63) is 38.8 Å². The number of rotatable bonds is 3. The minimum Gasteiger partial charge on any atom is -0.458 e. The van der Waals surface area contributed by atoms with Crippen LogP contribution in [0.25, 0.3) is 0 Å². The van der Waals surface area contributed by atoms with Crippen molar-refractivity contribution in [3.63, 3.8) is 0 Å². The van der Waals surface area contributed by atoms with Crippen LogP contribution in [0.5, 0.6) is 6.01 Å². The van der Waals surface area contributed by atoms with Crippen LogP contribution in [-0.2, 0) is 0 Å². The molecular weight excluding hydrogens is 333 g/mol. The van der Waals surface area contributed by atoms with Crippen molar-refractivity contribution in [2.45, 2.75) is 12.5 Å². The van der Waals surface area contributed by atoms with Gasteiger partial charge in [-0.15, -0.1) is 11.3 Å². The van der Waals surface area contributed by atoms with Crippen LogP contribution in [0.4, 0.5) is 0 Å². The Hall–Kier alpha value is -1.37. The molecule has 1 fully saturated rings. The summed E-state index contributed by atoms with van der Waals surface area (Å²) >= 11 is 12.9. The van der Waals surface area contributed by atoms with E-state index >= 15 is 0 Å². The molecule has 1 saturated heterocycles. The Morgan fingerprint density at radius 3 is 2.76 bits per heavy atom. The third-order valence-electron chi connectivity index (χ3n) is 3.08. The predicted molar refractivity (Wildman–Crippen MR) is 81.3 cm³/mol. The summed E-state index contributed by atoms with van der Waals surface area (Å²) in [7, 11) is 0. The normalized spacial score (nSPS) is 18.0. The van der Waals surface area contributed by atoms with Crippen molar-refractivity contribution in [2.75, 3.05) is 13.1 Å². The highest BCUT2D eigenvalue weighted by Crippen LogP contribution is 2.25. The molecule has 8 heteroatoms. The molecule has 1 aliphatic rings. The first-order valence-corrected chi connectivity index (χ1v) is 7.88. The summed E-state index contributed by atoms with van der Waals surface area (Å²) in [6.07, 6.45) is 3.60. The number of halogens is 2. The number of carbonyl (C=O) groups excluding carboxylic acids is 1. The molecule has 0 radical (unpaired) electrons. The smallest absolute Gasteiger partial charge is 0.316 e.